The van der Waals surface area contributed by atoms with Crippen molar-refractivity contribution in [3.05, 3.63) is 41.0 Å². The summed E-state index contributed by atoms with van der Waals surface area (Å²) >= 11 is 1.86. The Hall–Kier alpha value is -4.00. The average molecular weight is 626 g/mol. The number of aromatic hydroxyl groups is 1. The van der Waals surface area contributed by atoms with Gasteiger partial charge in [-0.3, -0.25) is 9.59 Å². The maximum absolute atomic E-state index is 13.4. The van der Waals surface area contributed by atoms with E-state index in [-0.39, 0.29) is 66.6 Å². The first-order chi connectivity index (χ1) is 21.4. The number of urea groups is 1. The van der Waals surface area contributed by atoms with Crippen LogP contribution in [0.5, 0.6) is 28.7 Å². The number of benzene rings is 2. The number of carbonyl (C=O) groups is 3. The highest BCUT2D eigenvalue weighted by Crippen LogP contribution is 2.55. The van der Waals surface area contributed by atoms with Crippen LogP contribution in [0.1, 0.15) is 54.3 Å². The van der Waals surface area contributed by atoms with Crippen LogP contribution in [-0.2, 0) is 14.3 Å². The van der Waals surface area contributed by atoms with Gasteiger partial charge in [-0.2, -0.15) is 11.8 Å². The predicted octanol–water partition coefficient (Wildman–Crippen LogP) is 2.96. The molecule has 2 aromatic carbocycles. The zero-order valence-electron chi connectivity index (χ0n) is 24.4. The monoisotopic (exact) mass is 625 g/mol. The van der Waals surface area contributed by atoms with Crippen LogP contribution in [0.15, 0.2) is 24.3 Å². The molecule has 0 radical (unpaired) electrons. The molecule has 0 spiro atoms. The SMILES string of the molecule is COc1cc([C@@H]2c3cc4c(cc3[C@@H](NC(=O)CCCC[C@@H]3SC[C@@H]5NC(=O)N[C@@H]53)[C@H]3COC(=O)[C@H]23)OCO4)cc(OC)c1O. The molecule has 12 nitrogen and oxygen atoms in total. The molecule has 5 aliphatic rings. The quantitative estimate of drug-likeness (QED) is 0.186. The number of carbonyl (C=O) groups excluding carboxylic acids is 3. The Morgan fingerprint density at radius 3 is 2.48 bits per heavy atom. The summed E-state index contributed by atoms with van der Waals surface area (Å²) < 4.78 is 27.9. The van der Waals surface area contributed by atoms with E-state index in [1.54, 1.807) is 12.1 Å². The van der Waals surface area contributed by atoms with E-state index in [1.165, 1.54) is 14.2 Å². The Bertz CT molecular complexity index is 1480. The second-order valence-electron chi connectivity index (χ2n) is 11.8. The van der Waals surface area contributed by atoms with Crippen molar-refractivity contribution in [2.45, 2.75) is 55.0 Å². The van der Waals surface area contributed by atoms with Crippen LogP contribution in [0.4, 0.5) is 4.79 Å². The first-order valence-corrected chi connectivity index (χ1v) is 15.9. The van der Waals surface area contributed by atoms with Crippen LogP contribution in [0.3, 0.4) is 0 Å². The van der Waals surface area contributed by atoms with Gasteiger partial charge >= 0.3 is 12.0 Å². The van der Waals surface area contributed by atoms with E-state index in [2.05, 4.69) is 16.0 Å². The van der Waals surface area contributed by atoms with Crippen LogP contribution in [0, 0.1) is 11.8 Å². The van der Waals surface area contributed by atoms with Crippen molar-refractivity contribution in [1.29, 1.82) is 0 Å². The molecule has 7 rings (SSSR count). The van der Waals surface area contributed by atoms with Crippen molar-refractivity contribution >= 4 is 29.7 Å². The number of methoxy groups -OCH3 is 2. The van der Waals surface area contributed by atoms with Gasteiger partial charge in [-0.15, -0.1) is 0 Å². The number of cyclic esters (lactones) is 1. The Balaban J connectivity index is 1.14. The summed E-state index contributed by atoms with van der Waals surface area (Å²) in [7, 11) is 2.91. The van der Waals surface area contributed by atoms with Crippen molar-refractivity contribution in [3.8, 4) is 28.7 Å². The van der Waals surface area contributed by atoms with Crippen molar-refractivity contribution in [2.24, 2.45) is 11.8 Å². The van der Waals surface area contributed by atoms with Gasteiger partial charge in [0.15, 0.2) is 23.0 Å². The maximum atomic E-state index is 13.4. The van der Waals surface area contributed by atoms with Crippen LogP contribution in [0.25, 0.3) is 0 Å². The molecule has 4 aliphatic heterocycles. The Morgan fingerprint density at radius 2 is 1.75 bits per heavy atom. The van der Waals surface area contributed by atoms with Crippen molar-refractivity contribution in [1.82, 2.24) is 16.0 Å². The van der Waals surface area contributed by atoms with Crippen molar-refractivity contribution in [3.63, 3.8) is 0 Å². The van der Waals surface area contributed by atoms with Gasteiger partial charge in [0.2, 0.25) is 18.4 Å². The molecule has 7 atom stereocenters. The molecule has 0 aromatic heterocycles. The highest BCUT2D eigenvalue weighted by atomic mass is 32.2. The Kier molecular flexibility index (Phi) is 7.51. The second kappa shape index (κ2) is 11.5. The zero-order valence-corrected chi connectivity index (χ0v) is 25.2. The molecule has 3 amide bonds. The molecule has 4 N–H and O–H groups in total. The molecule has 0 bridgehead atoms. The van der Waals surface area contributed by atoms with E-state index in [1.807, 2.05) is 23.9 Å². The number of rotatable bonds is 9. The van der Waals surface area contributed by atoms with E-state index in [9.17, 15) is 19.5 Å². The molecule has 234 valence electrons. The fourth-order valence-corrected chi connectivity index (χ4v) is 8.90. The number of phenolic OH excluding ortho intramolecular Hbond substituents is 1. The van der Waals surface area contributed by atoms with E-state index >= 15 is 0 Å². The van der Waals surface area contributed by atoms with E-state index < -0.39 is 17.9 Å². The van der Waals surface area contributed by atoms with Gasteiger partial charge in [0, 0.05) is 29.3 Å². The average Bonchev–Trinajstić information content (AvgIpc) is 3.80. The van der Waals surface area contributed by atoms with E-state index in [0.29, 0.717) is 35.2 Å². The van der Waals surface area contributed by atoms with Crippen LogP contribution < -0.4 is 34.9 Å². The number of hydrogen-bond acceptors (Lipinski definition) is 10. The summed E-state index contributed by atoms with van der Waals surface area (Å²) in [6.45, 7) is 0.239. The molecule has 4 heterocycles. The smallest absolute Gasteiger partial charge is 0.315 e. The van der Waals surface area contributed by atoms with Gasteiger partial charge in [0.05, 0.1) is 44.9 Å². The number of amides is 3. The van der Waals surface area contributed by atoms with Gasteiger partial charge in [0.25, 0.3) is 0 Å². The van der Waals surface area contributed by atoms with Gasteiger partial charge in [-0.05, 0) is 53.8 Å². The van der Waals surface area contributed by atoms with Gasteiger partial charge in [-0.1, -0.05) is 6.42 Å². The van der Waals surface area contributed by atoms with Crippen molar-refractivity contribution in [2.75, 3.05) is 33.4 Å². The third-order valence-electron chi connectivity index (χ3n) is 9.45. The summed E-state index contributed by atoms with van der Waals surface area (Å²) in [5.74, 6) is 0.481. The van der Waals surface area contributed by atoms with Crippen LogP contribution >= 0.6 is 11.8 Å². The standard InChI is InChI=1S/C31H35N3O9S/c1-39-21-7-14(8-22(40-2)29(21)36)25-15-9-19-20(43-13-42-19)10-16(15)27(17-11-41-30(37)26(17)25)33-24(35)6-4-3-5-23-28-18(12-44-23)32-31(38)34-28/h7-10,17-18,23,25-28,36H,3-6,11-13H2,1-2H3,(H,33,35)(H2,32,34,38)/t17-,18-,23-,25+,26-,27+,28-/m0/s1. The second-order valence-corrected chi connectivity index (χ2v) is 13.1. The molecular weight excluding hydrogens is 590 g/mol. The normalized spacial score (nSPS) is 29.2. The summed E-state index contributed by atoms with van der Waals surface area (Å²) in [6, 6.07) is 6.92. The fraction of sp³-hybridized carbons (Fsp3) is 0.516. The summed E-state index contributed by atoms with van der Waals surface area (Å²) in [4.78, 5) is 38.4. The third-order valence-corrected chi connectivity index (χ3v) is 11.0. The lowest BCUT2D eigenvalue weighted by Crippen LogP contribution is -2.42. The van der Waals surface area contributed by atoms with Gasteiger partial charge in [-0.25, -0.2) is 4.79 Å². The predicted molar refractivity (Wildman–Crippen MR) is 158 cm³/mol. The van der Waals surface area contributed by atoms with Gasteiger partial charge in [0.1, 0.15) is 0 Å². The lowest BCUT2D eigenvalue weighted by Gasteiger charge is -2.39. The lowest BCUT2D eigenvalue weighted by atomic mass is 9.65. The van der Waals surface area contributed by atoms with E-state index in [4.69, 9.17) is 23.7 Å². The van der Waals surface area contributed by atoms with Crippen molar-refractivity contribution < 1.29 is 43.2 Å². The minimum atomic E-state index is -0.602. The number of nitrogens with one attached hydrogen (secondary N) is 3. The highest BCUT2D eigenvalue weighted by molar-refractivity contribution is 8.00. The maximum Gasteiger partial charge on any atom is 0.315 e. The molecule has 3 saturated heterocycles. The van der Waals surface area contributed by atoms with Crippen LogP contribution in [-0.4, -0.2) is 73.7 Å². The molecule has 1 aliphatic carbocycles. The minimum absolute atomic E-state index is 0.0797. The number of unbranched alkanes of at least 4 members (excludes halogenated alkanes) is 1. The summed E-state index contributed by atoms with van der Waals surface area (Å²) in [5.41, 5.74) is 2.33. The first kappa shape index (κ1) is 28.8. The minimum Gasteiger partial charge on any atom is -0.502 e. The number of ether oxygens (including phenoxy) is 5. The molecule has 2 aromatic rings. The molecule has 13 heteroatoms. The number of hydrogen-bond donors (Lipinski definition) is 4. The largest absolute Gasteiger partial charge is 0.502 e. The molecular formula is C31H35N3O9S. The molecule has 0 unspecified atom stereocenters. The topological polar surface area (TPSA) is 154 Å². The number of fused-ring (bicyclic) bond motifs is 4. The fourth-order valence-electron chi connectivity index (χ4n) is 7.36. The van der Waals surface area contributed by atoms with Gasteiger partial charge < -0.3 is 44.7 Å². The summed E-state index contributed by atoms with van der Waals surface area (Å²) in [5, 5.41) is 20.1. The first-order valence-electron chi connectivity index (χ1n) is 14.9. The lowest BCUT2D eigenvalue weighted by molar-refractivity contribution is -0.141. The Morgan fingerprint density at radius 1 is 1.02 bits per heavy atom. The Labute approximate surface area is 258 Å². The summed E-state index contributed by atoms with van der Waals surface area (Å²) in [6.07, 6.45) is 2.84. The molecule has 44 heavy (non-hydrogen) atoms. The number of thioether (sulfide) groups is 1. The third kappa shape index (κ3) is 4.90. The highest BCUT2D eigenvalue weighted by Gasteiger charge is 2.53. The zero-order chi connectivity index (χ0) is 30.5. The number of esters is 1. The molecule has 3 fully saturated rings. The van der Waals surface area contributed by atoms with Crippen LogP contribution in [0.2, 0.25) is 0 Å². The molecule has 0 saturated carbocycles. The van der Waals surface area contributed by atoms with E-state index in [0.717, 1.165) is 29.7 Å². The number of phenols is 1.